The molecule has 0 aliphatic carbocycles. The van der Waals surface area contributed by atoms with Gasteiger partial charge >= 0.3 is 11.9 Å². The smallest absolute Gasteiger partial charge is 0.308 e. The maximum absolute atomic E-state index is 12.5. The first-order chi connectivity index (χ1) is 17.0. The maximum atomic E-state index is 12.5. The number of hydrogen-bond acceptors (Lipinski definition) is 9. The highest BCUT2D eigenvalue weighted by Crippen LogP contribution is 2.29. The average molecular weight is 531 g/mol. The van der Waals surface area contributed by atoms with Gasteiger partial charge in [0, 0.05) is 25.6 Å². The zero-order valence-corrected chi connectivity index (χ0v) is 20.5. The fraction of sp³-hybridized carbons (Fsp3) is 0.0870. The summed E-state index contributed by atoms with van der Waals surface area (Å²) < 4.78 is 37.3. The van der Waals surface area contributed by atoms with Gasteiger partial charge in [0.05, 0.1) is 17.3 Å². The molecule has 13 heteroatoms. The number of hydrogen-bond donors (Lipinski definition) is 2. The number of carbonyl (C=O) groups excluding carboxylic acids is 3. The Labute approximate surface area is 211 Å². The van der Waals surface area contributed by atoms with Crippen LogP contribution in [0.5, 0.6) is 11.5 Å². The number of benzene rings is 2. The number of ether oxygens (including phenoxy) is 2. The summed E-state index contributed by atoms with van der Waals surface area (Å²) in [5, 5.41) is 2.63. The van der Waals surface area contributed by atoms with Crippen LogP contribution >= 0.6 is 11.6 Å². The van der Waals surface area contributed by atoms with Crippen molar-refractivity contribution in [1.29, 1.82) is 0 Å². The van der Waals surface area contributed by atoms with Crippen LogP contribution in [0, 0.1) is 0 Å². The predicted octanol–water partition coefficient (Wildman–Crippen LogP) is 3.43. The molecule has 36 heavy (non-hydrogen) atoms. The number of carbonyl (C=O) groups is 3. The Morgan fingerprint density at radius 1 is 0.944 bits per heavy atom. The molecule has 2 N–H and O–H groups in total. The van der Waals surface area contributed by atoms with Gasteiger partial charge in [0.1, 0.15) is 5.15 Å². The Bertz CT molecular complexity index is 1440. The number of halogens is 1. The molecule has 0 aliphatic heterocycles. The number of rotatable bonds is 8. The first-order valence-electron chi connectivity index (χ1n) is 10.1. The highest BCUT2D eigenvalue weighted by Gasteiger charge is 2.15. The van der Waals surface area contributed by atoms with Crippen LogP contribution in [-0.4, -0.2) is 36.2 Å². The van der Waals surface area contributed by atoms with Crippen LogP contribution in [0.2, 0.25) is 5.15 Å². The van der Waals surface area contributed by atoms with E-state index in [4.69, 9.17) is 21.1 Å². The van der Waals surface area contributed by atoms with Crippen LogP contribution in [0.1, 0.15) is 19.4 Å². The van der Waals surface area contributed by atoms with Crippen LogP contribution in [0.4, 0.5) is 11.5 Å². The molecule has 1 heterocycles. The standard InChI is InChI=1S/C23H19ClN4O7S/c1-14(29)34-19-9-3-16(11-20(19)35-15(2)30)4-10-23(31)26-17-5-7-18(8-6-17)36(32,33)28-22-13-25-12-21(24)27-22/h3-13H,1-2H3,(H,26,31)(H,27,28)/b10-4+. The van der Waals surface area contributed by atoms with E-state index in [2.05, 4.69) is 20.0 Å². The van der Waals surface area contributed by atoms with Crippen LogP contribution in [-0.2, 0) is 24.4 Å². The van der Waals surface area contributed by atoms with E-state index in [1.165, 1.54) is 74.8 Å². The van der Waals surface area contributed by atoms with Gasteiger partial charge in [0.15, 0.2) is 17.3 Å². The SMILES string of the molecule is CC(=O)Oc1ccc(/C=C/C(=O)Nc2ccc(S(=O)(=O)Nc3cncc(Cl)n3)cc2)cc1OC(C)=O. The first kappa shape index (κ1) is 26.3. The molecule has 0 fully saturated rings. The fourth-order valence-corrected chi connectivity index (χ4v) is 3.90. The molecule has 0 bridgehead atoms. The van der Waals surface area contributed by atoms with Crippen molar-refractivity contribution in [3.63, 3.8) is 0 Å². The van der Waals surface area contributed by atoms with Crippen molar-refractivity contribution < 1.29 is 32.3 Å². The quantitative estimate of drug-likeness (QED) is 0.253. The van der Waals surface area contributed by atoms with Gasteiger partial charge in [0.2, 0.25) is 5.91 Å². The Balaban J connectivity index is 1.67. The monoisotopic (exact) mass is 530 g/mol. The van der Waals surface area contributed by atoms with E-state index in [1.807, 2.05) is 0 Å². The number of nitrogens with one attached hydrogen (secondary N) is 2. The molecule has 11 nitrogen and oxygen atoms in total. The van der Waals surface area contributed by atoms with E-state index in [9.17, 15) is 22.8 Å². The lowest BCUT2D eigenvalue weighted by atomic mass is 10.2. The lowest BCUT2D eigenvalue weighted by Crippen LogP contribution is -2.14. The highest BCUT2D eigenvalue weighted by molar-refractivity contribution is 7.92. The van der Waals surface area contributed by atoms with Crippen molar-refractivity contribution >= 4 is 57.1 Å². The third-order valence-corrected chi connectivity index (χ3v) is 5.73. The number of sulfonamides is 1. The Hall–Kier alpha value is -4.29. The van der Waals surface area contributed by atoms with Crippen molar-refractivity contribution in [2.75, 3.05) is 10.0 Å². The third kappa shape index (κ3) is 7.61. The zero-order valence-electron chi connectivity index (χ0n) is 18.9. The van der Waals surface area contributed by atoms with Gasteiger partial charge in [-0.2, -0.15) is 0 Å². The number of amides is 1. The van der Waals surface area contributed by atoms with Gasteiger partial charge in [-0.1, -0.05) is 17.7 Å². The summed E-state index contributed by atoms with van der Waals surface area (Å²) in [5.74, 6) is -1.65. The van der Waals surface area contributed by atoms with Crippen molar-refractivity contribution in [2.45, 2.75) is 18.7 Å². The summed E-state index contributed by atoms with van der Waals surface area (Å²) in [6.07, 6.45) is 5.16. The van der Waals surface area contributed by atoms with Gasteiger partial charge in [-0.05, 0) is 48.0 Å². The van der Waals surface area contributed by atoms with Gasteiger partial charge in [-0.25, -0.2) is 13.4 Å². The highest BCUT2D eigenvalue weighted by atomic mass is 35.5. The molecule has 3 rings (SSSR count). The molecule has 0 radical (unpaired) electrons. The van der Waals surface area contributed by atoms with Crippen LogP contribution in [0.3, 0.4) is 0 Å². The topological polar surface area (TPSA) is 154 Å². The van der Waals surface area contributed by atoms with Crippen LogP contribution < -0.4 is 19.5 Å². The normalized spacial score (nSPS) is 11.1. The van der Waals surface area contributed by atoms with E-state index in [-0.39, 0.29) is 27.4 Å². The molecular formula is C23H19ClN4O7S. The lowest BCUT2D eigenvalue weighted by Gasteiger charge is -2.09. The van der Waals surface area contributed by atoms with Gasteiger partial charge < -0.3 is 14.8 Å². The largest absolute Gasteiger partial charge is 0.423 e. The Morgan fingerprint density at radius 2 is 1.61 bits per heavy atom. The van der Waals surface area contributed by atoms with Gasteiger partial charge in [-0.15, -0.1) is 0 Å². The molecule has 0 unspecified atom stereocenters. The lowest BCUT2D eigenvalue weighted by molar-refractivity contribution is -0.134. The van der Waals surface area contributed by atoms with Crippen LogP contribution in [0.15, 0.2) is 65.8 Å². The Kier molecular flexibility index (Phi) is 8.35. The molecule has 0 saturated heterocycles. The second-order valence-electron chi connectivity index (χ2n) is 7.07. The maximum Gasteiger partial charge on any atom is 0.308 e. The summed E-state index contributed by atoms with van der Waals surface area (Å²) >= 11 is 5.71. The minimum absolute atomic E-state index is 0.0226. The number of anilines is 2. The molecule has 0 atom stereocenters. The molecule has 3 aromatic rings. The molecule has 0 aliphatic rings. The van der Waals surface area contributed by atoms with E-state index >= 15 is 0 Å². The van der Waals surface area contributed by atoms with E-state index in [0.717, 1.165) is 0 Å². The number of nitrogens with zero attached hydrogens (tertiary/aromatic N) is 2. The summed E-state index contributed by atoms with van der Waals surface area (Å²) in [4.78, 5) is 42.4. The average Bonchev–Trinajstić information content (AvgIpc) is 2.78. The third-order valence-electron chi connectivity index (χ3n) is 4.18. The first-order valence-corrected chi connectivity index (χ1v) is 12.0. The second-order valence-corrected chi connectivity index (χ2v) is 9.14. The van der Waals surface area contributed by atoms with E-state index in [1.54, 1.807) is 6.07 Å². The van der Waals surface area contributed by atoms with Crippen molar-refractivity contribution in [3.05, 3.63) is 71.7 Å². The van der Waals surface area contributed by atoms with E-state index in [0.29, 0.717) is 11.3 Å². The predicted molar refractivity (Wildman–Crippen MR) is 131 cm³/mol. The van der Waals surface area contributed by atoms with Crippen molar-refractivity contribution in [1.82, 2.24) is 9.97 Å². The fourth-order valence-electron chi connectivity index (χ4n) is 2.76. The van der Waals surface area contributed by atoms with Gasteiger partial charge in [0.25, 0.3) is 10.0 Å². The molecule has 0 saturated carbocycles. The number of esters is 2. The van der Waals surface area contributed by atoms with Crippen LogP contribution in [0.25, 0.3) is 6.08 Å². The van der Waals surface area contributed by atoms with Crippen molar-refractivity contribution in [2.24, 2.45) is 0 Å². The molecule has 2 aromatic carbocycles. The summed E-state index contributed by atoms with van der Waals surface area (Å²) in [7, 11) is -3.95. The molecule has 1 amide bonds. The van der Waals surface area contributed by atoms with Crippen molar-refractivity contribution in [3.8, 4) is 11.5 Å². The summed E-state index contributed by atoms with van der Waals surface area (Å²) in [6.45, 7) is 2.41. The molecule has 0 spiro atoms. The Morgan fingerprint density at radius 3 is 2.25 bits per heavy atom. The molecular weight excluding hydrogens is 512 g/mol. The number of aromatic nitrogens is 2. The zero-order chi connectivity index (χ0) is 26.3. The van der Waals surface area contributed by atoms with E-state index < -0.39 is 27.9 Å². The summed E-state index contributed by atoms with van der Waals surface area (Å²) in [6, 6.07) is 9.86. The van der Waals surface area contributed by atoms with Gasteiger partial charge in [-0.3, -0.25) is 24.1 Å². The minimum atomic E-state index is -3.95. The molecule has 1 aromatic heterocycles. The summed E-state index contributed by atoms with van der Waals surface area (Å²) in [5.41, 5.74) is 0.839. The minimum Gasteiger partial charge on any atom is -0.423 e. The second kappa shape index (κ2) is 11.4. The molecule has 186 valence electrons.